The molecule has 1 rings (SSSR count). The fourth-order valence-corrected chi connectivity index (χ4v) is 1.74. The summed E-state index contributed by atoms with van der Waals surface area (Å²) in [5.74, 6) is 0.432. The molecule has 3 heteroatoms. The van der Waals surface area contributed by atoms with Gasteiger partial charge in [0.1, 0.15) is 0 Å². The highest BCUT2D eigenvalue weighted by Gasteiger charge is 2.21. The number of rotatable bonds is 5. The molecule has 2 unspecified atom stereocenters. The van der Waals surface area contributed by atoms with Gasteiger partial charge in [-0.25, -0.2) is 0 Å². The monoisotopic (exact) mass is 197 g/mol. The first-order chi connectivity index (χ1) is 6.65. The second-order valence-electron chi connectivity index (χ2n) is 3.94. The van der Waals surface area contributed by atoms with Crippen molar-refractivity contribution in [2.24, 2.45) is 11.7 Å². The highest BCUT2D eigenvalue weighted by molar-refractivity contribution is 5.08. The van der Waals surface area contributed by atoms with E-state index in [0.717, 1.165) is 12.0 Å². The van der Waals surface area contributed by atoms with Gasteiger partial charge in [-0.1, -0.05) is 13.8 Å². The van der Waals surface area contributed by atoms with Gasteiger partial charge in [-0.3, -0.25) is 0 Å². The average molecular weight is 197 g/mol. The molecule has 0 saturated heterocycles. The Morgan fingerprint density at radius 2 is 2.21 bits per heavy atom. The van der Waals surface area contributed by atoms with Crippen LogP contribution in [0.15, 0.2) is 23.0 Å². The summed E-state index contributed by atoms with van der Waals surface area (Å²) < 4.78 is 10.4. The third kappa shape index (κ3) is 2.86. The Hall–Kier alpha value is -0.800. The quantitative estimate of drug-likeness (QED) is 0.783. The van der Waals surface area contributed by atoms with E-state index >= 15 is 0 Å². The predicted molar refractivity (Wildman–Crippen MR) is 56.0 cm³/mol. The molecule has 0 bridgehead atoms. The first kappa shape index (κ1) is 11.3. The molecule has 0 spiro atoms. The number of nitrogens with two attached hydrogens (primary N) is 1. The van der Waals surface area contributed by atoms with Crippen LogP contribution < -0.4 is 5.73 Å². The maximum Gasteiger partial charge on any atom is 0.0935 e. The molecule has 0 aromatic carbocycles. The summed E-state index contributed by atoms with van der Waals surface area (Å²) in [5, 5.41) is 0. The van der Waals surface area contributed by atoms with E-state index in [1.807, 2.05) is 6.07 Å². The van der Waals surface area contributed by atoms with E-state index < -0.39 is 0 Å². The molecular formula is C11H19NO2. The zero-order valence-electron chi connectivity index (χ0n) is 9.07. The fourth-order valence-electron chi connectivity index (χ4n) is 1.74. The summed E-state index contributed by atoms with van der Waals surface area (Å²) in [6, 6.07) is 1.96. The first-order valence-electron chi connectivity index (χ1n) is 4.94. The largest absolute Gasteiger partial charge is 0.472 e. The summed E-state index contributed by atoms with van der Waals surface area (Å²) in [4.78, 5) is 0. The standard InChI is InChI=1S/C11H19NO2/c1-8(2)11(13-3)10(12)6-9-4-5-14-7-9/h4-5,7-8,10-11H,6,12H2,1-3H3. The molecule has 0 radical (unpaired) electrons. The minimum absolute atomic E-state index is 0.0256. The van der Waals surface area contributed by atoms with Crippen molar-refractivity contribution < 1.29 is 9.15 Å². The third-order valence-corrected chi connectivity index (χ3v) is 2.40. The fraction of sp³-hybridized carbons (Fsp3) is 0.636. The second kappa shape index (κ2) is 5.17. The number of hydrogen-bond donors (Lipinski definition) is 1. The molecule has 0 aliphatic heterocycles. The van der Waals surface area contributed by atoms with Crippen LogP contribution in [0.3, 0.4) is 0 Å². The van der Waals surface area contributed by atoms with Crippen molar-refractivity contribution in [3.05, 3.63) is 24.2 Å². The summed E-state index contributed by atoms with van der Waals surface area (Å²) in [6.45, 7) is 4.23. The summed E-state index contributed by atoms with van der Waals surface area (Å²) >= 11 is 0. The lowest BCUT2D eigenvalue weighted by Gasteiger charge is -2.25. The van der Waals surface area contributed by atoms with Gasteiger partial charge in [-0.05, 0) is 24.0 Å². The van der Waals surface area contributed by atoms with E-state index in [2.05, 4.69) is 13.8 Å². The van der Waals surface area contributed by atoms with Gasteiger partial charge in [0, 0.05) is 13.2 Å². The molecular weight excluding hydrogens is 178 g/mol. The molecule has 0 saturated carbocycles. The van der Waals surface area contributed by atoms with Gasteiger partial charge in [-0.2, -0.15) is 0 Å². The molecule has 0 aliphatic carbocycles. The normalized spacial score (nSPS) is 15.8. The van der Waals surface area contributed by atoms with Gasteiger partial charge in [0.2, 0.25) is 0 Å². The molecule has 2 N–H and O–H groups in total. The van der Waals surface area contributed by atoms with Crippen LogP contribution >= 0.6 is 0 Å². The molecule has 3 nitrogen and oxygen atoms in total. The van der Waals surface area contributed by atoms with E-state index in [1.165, 1.54) is 0 Å². The van der Waals surface area contributed by atoms with E-state index in [9.17, 15) is 0 Å². The highest BCUT2D eigenvalue weighted by Crippen LogP contribution is 2.13. The van der Waals surface area contributed by atoms with Gasteiger partial charge in [0.15, 0.2) is 0 Å². The first-order valence-corrected chi connectivity index (χ1v) is 4.94. The molecule has 1 aromatic rings. The van der Waals surface area contributed by atoms with Gasteiger partial charge in [0.25, 0.3) is 0 Å². The van der Waals surface area contributed by atoms with E-state index in [-0.39, 0.29) is 12.1 Å². The molecule has 1 aromatic heterocycles. The zero-order chi connectivity index (χ0) is 10.6. The van der Waals surface area contributed by atoms with E-state index in [0.29, 0.717) is 5.92 Å². The lowest BCUT2D eigenvalue weighted by atomic mass is 9.96. The van der Waals surface area contributed by atoms with E-state index in [1.54, 1.807) is 19.6 Å². The Kier molecular flexibility index (Phi) is 4.17. The van der Waals surface area contributed by atoms with Crippen LogP contribution in [0.25, 0.3) is 0 Å². The molecule has 0 amide bonds. The van der Waals surface area contributed by atoms with Gasteiger partial charge in [-0.15, -0.1) is 0 Å². The second-order valence-corrected chi connectivity index (χ2v) is 3.94. The molecule has 0 aliphatic rings. The molecule has 14 heavy (non-hydrogen) atoms. The van der Waals surface area contributed by atoms with Crippen LogP contribution in [-0.4, -0.2) is 19.3 Å². The van der Waals surface area contributed by atoms with Crippen molar-refractivity contribution in [3.8, 4) is 0 Å². The minimum atomic E-state index is 0.0256. The van der Waals surface area contributed by atoms with Gasteiger partial charge in [0.05, 0.1) is 18.6 Å². The maximum atomic E-state index is 6.05. The Labute approximate surface area is 85.2 Å². The summed E-state index contributed by atoms with van der Waals surface area (Å²) in [6.07, 6.45) is 4.30. The predicted octanol–water partition coefficient (Wildman–Crippen LogP) is 1.82. The molecule has 0 fully saturated rings. The Morgan fingerprint density at radius 1 is 1.50 bits per heavy atom. The lowest BCUT2D eigenvalue weighted by Crippen LogP contribution is -2.41. The molecule has 1 heterocycles. The topological polar surface area (TPSA) is 48.4 Å². The van der Waals surface area contributed by atoms with Crippen molar-refractivity contribution in [1.29, 1.82) is 0 Å². The van der Waals surface area contributed by atoms with Crippen molar-refractivity contribution >= 4 is 0 Å². The van der Waals surface area contributed by atoms with Crippen LogP contribution in [0.1, 0.15) is 19.4 Å². The summed E-state index contributed by atoms with van der Waals surface area (Å²) in [5.41, 5.74) is 7.18. The third-order valence-electron chi connectivity index (χ3n) is 2.40. The van der Waals surface area contributed by atoms with Gasteiger partial charge >= 0.3 is 0 Å². The Balaban J connectivity index is 2.51. The van der Waals surface area contributed by atoms with Crippen LogP contribution in [0, 0.1) is 5.92 Å². The van der Waals surface area contributed by atoms with Gasteiger partial charge < -0.3 is 14.9 Å². The van der Waals surface area contributed by atoms with Crippen LogP contribution in [0.4, 0.5) is 0 Å². The van der Waals surface area contributed by atoms with Crippen LogP contribution in [-0.2, 0) is 11.2 Å². The Bertz CT molecular complexity index is 244. The number of furan rings is 1. The van der Waals surface area contributed by atoms with Crippen LogP contribution in [0.5, 0.6) is 0 Å². The number of hydrogen-bond acceptors (Lipinski definition) is 3. The van der Waals surface area contributed by atoms with Crippen molar-refractivity contribution in [1.82, 2.24) is 0 Å². The SMILES string of the molecule is COC(C(C)C)C(N)Cc1ccoc1. The molecule has 2 atom stereocenters. The maximum absolute atomic E-state index is 6.05. The minimum Gasteiger partial charge on any atom is -0.472 e. The average Bonchev–Trinajstić information content (AvgIpc) is 2.57. The summed E-state index contributed by atoms with van der Waals surface area (Å²) in [7, 11) is 1.71. The Morgan fingerprint density at radius 3 is 2.64 bits per heavy atom. The van der Waals surface area contributed by atoms with Crippen molar-refractivity contribution in [3.63, 3.8) is 0 Å². The molecule has 80 valence electrons. The van der Waals surface area contributed by atoms with Crippen molar-refractivity contribution in [2.45, 2.75) is 32.4 Å². The number of methoxy groups -OCH3 is 1. The van der Waals surface area contributed by atoms with Crippen molar-refractivity contribution in [2.75, 3.05) is 7.11 Å². The lowest BCUT2D eigenvalue weighted by molar-refractivity contribution is 0.0441. The number of ether oxygens (including phenoxy) is 1. The smallest absolute Gasteiger partial charge is 0.0935 e. The zero-order valence-corrected chi connectivity index (χ0v) is 9.07. The van der Waals surface area contributed by atoms with E-state index in [4.69, 9.17) is 14.9 Å². The highest BCUT2D eigenvalue weighted by atomic mass is 16.5. The van der Waals surface area contributed by atoms with Crippen LogP contribution in [0.2, 0.25) is 0 Å².